The Morgan fingerprint density at radius 3 is 2.52 bits per heavy atom. The van der Waals surface area contributed by atoms with E-state index in [-0.39, 0.29) is 17.1 Å². The predicted molar refractivity (Wildman–Crippen MR) is 82.7 cm³/mol. The van der Waals surface area contributed by atoms with Crippen LogP contribution in [-0.2, 0) is 0 Å². The summed E-state index contributed by atoms with van der Waals surface area (Å²) in [6.45, 7) is 1.92. The van der Waals surface area contributed by atoms with Gasteiger partial charge in [0.2, 0.25) is 0 Å². The van der Waals surface area contributed by atoms with Crippen molar-refractivity contribution in [3.05, 3.63) is 59.9 Å². The van der Waals surface area contributed by atoms with Crippen LogP contribution in [0.5, 0.6) is 0 Å². The number of para-hydroxylation sites is 2. The largest absolute Gasteiger partial charge is 0.431 e. The van der Waals surface area contributed by atoms with Crippen molar-refractivity contribution in [2.24, 2.45) is 5.73 Å². The lowest BCUT2D eigenvalue weighted by atomic mass is 10.1. The number of nitrogens with two attached hydrogens (primary N) is 1. The Hall–Kier alpha value is -1.85. The SMILES string of the molecule is CC(N)C(Sc1nc2ccccc2o1)c1ccc(F)cc1. The molecular weight excluding hydrogens is 287 g/mol. The normalized spacial score (nSPS) is 14.2. The average Bonchev–Trinajstić information content (AvgIpc) is 2.88. The van der Waals surface area contributed by atoms with Gasteiger partial charge < -0.3 is 10.2 Å². The zero-order chi connectivity index (χ0) is 14.8. The molecule has 2 unspecified atom stereocenters. The van der Waals surface area contributed by atoms with Crippen molar-refractivity contribution < 1.29 is 8.81 Å². The van der Waals surface area contributed by atoms with Crippen molar-refractivity contribution in [2.45, 2.75) is 23.4 Å². The molecule has 0 aliphatic carbocycles. The van der Waals surface area contributed by atoms with Crippen molar-refractivity contribution in [1.82, 2.24) is 4.98 Å². The number of hydrogen-bond donors (Lipinski definition) is 1. The molecule has 0 bridgehead atoms. The summed E-state index contributed by atoms with van der Waals surface area (Å²) in [4.78, 5) is 4.44. The van der Waals surface area contributed by atoms with Crippen molar-refractivity contribution in [3.63, 3.8) is 0 Å². The number of nitrogens with zero attached hydrogens (tertiary/aromatic N) is 1. The fraction of sp³-hybridized carbons (Fsp3) is 0.188. The first-order chi connectivity index (χ1) is 10.1. The van der Waals surface area contributed by atoms with Crippen LogP contribution in [-0.4, -0.2) is 11.0 Å². The summed E-state index contributed by atoms with van der Waals surface area (Å²) in [5.74, 6) is -0.256. The molecule has 0 fully saturated rings. The molecule has 2 atom stereocenters. The summed E-state index contributed by atoms with van der Waals surface area (Å²) in [6.07, 6.45) is 0. The number of thioether (sulfide) groups is 1. The minimum absolute atomic E-state index is 0.0429. The van der Waals surface area contributed by atoms with Gasteiger partial charge in [-0.2, -0.15) is 0 Å². The zero-order valence-electron chi connectivity index (χ0n) is 11.5. The van der Waals surface area contributed by atoms with E-state index < -0.39 is 0 Å². The van der Waals surface area contributed by atoms with Crippen LogP contribution < -0.4 is 5.73 Å². The van der Waals surface area contributed by atoms with Crippen LogP contribution in [0.1, 0.15) is 17.7 Å². The molecule has 21 heavy (non-hydrogen) atoms. The van der Waals surface area contributed by atoms with Gasteiger partial charge in [-0.25, -0.2) is 9.37 Å². The summed E-state index contributed by atoms with van der Waals surface area (Å²) >= 11 is 1.46. The topological polar surface area (TPSA) is 52.0 Å². The Kier molecular flexibility index (Phi) is 3.94. The van der Waals surface area contributed by atoms with E-state index in [1.807, 2.05) is 31.2 Å². The Morgan fingerprint density at radius 1 is 1.14 bits per heavy atom. The van der Waals surface area contributed by atoms with Gasteiger partial charge in [-0.05, 0) is 36.8 Å². The molecule has 0 radical (unpaired) electrons. The lowest BCUT2D eigenvalue weighted by molar-refractivity contribution is 0.487. The Bertz CT molecular complexity index is 706. The van der Waals surface area contributed by atoms with E-state index in [9.17, 15) is 4.39 Å². The van der Waals surface area contributed by atoms with Crippen LogP contribution in [0.2, 0.25) is 0 Å². The quantitative estimate of drug-likeness (QED) is 0.736. The lowest BCUT2D eigenvalue weighted by Crippen LogP contribution is -2.22. The maximum atomic E-state index is 13.0. The highest BCUT2D eigenvalue weighted by Gasteiger charge is 2.21. The van der Waals surface area contributed by atoms with Gasteiger partial charge in [0.1, 0.15) is 11.3 Å². The fourth-order valence-electron chi connectivity index (χ4n) is 2.14. The maximum Gasteiger partial charge on any atom is 0.257 e. The zero-order valence-corrected chi connectivity index (χ0v) is 12.3. The number of hydrogen-bond acceptors (Lipinski definition) is 4. The highest BCUT2D eigenvalue weighted by Crippen LogP contribution is 2.37. The number of fused-ring (bicyclic) bond motifs is 1. The molecular formula is C16H15FN2OS. The monoisotopic (exact) mass is 302 g/mol. The minimum Gasteiger partial charge on any atom is -0.431 e. The first kappa shape index (κ1) is 14.1. The second-order valence-electron chi connectivity index (χ2n) is 4.90. The van der Waals surface area contributed by atoms with Crippen LogP contribution in [0.4, 0.5) is 4.39 Å². The third-order valence-corrected chi connectivity index (χ3v) is 4.51. The molecule has 0 spiro atoms. The Morgan fingerprint density at radius 2 is 1.86 bits per heavy atom. The van der Waals surface area contributed by atoms with Crippen molar-refractivity contribution in [2.75, 3.05) is 0 Å². The van der Waals surface area contributed by atoms with Gasteiger partial charge in [0.15, 0.2) is 5.58 Å². The van der Waals surface area contributed by atoms with Gasteiger partial charge >= 0.3 is 0 Å². The molecule has 3 nitrogen and oxygen atoms in total. The highest BCUT2D eigenvalue weighted by molar-refractivity contribution is 7.99. The maximum absolute atomic E-state index is 13.0. The van der Waals surface area contributed by atoms with Gasteiger partial charge in [0.05, 0.1) is 5.25 Å². The van der Waals surface area contributed by atoms with Gasteiger partial charge in [-0.3, -0.25) is 0 Å². The average molecular weight is 302 g/mol. The molecule has 0 amide bonds. The van der Waals surface area contributed by atoms with Gasteiger partial charge in [-0.1, -0.05) is 36.0 Å². The van der Waals surface area contributed by atoms with Crippen molar-refractivity contribution in [1.29, 1.82) is 0 Å². The van der Waals surface area contributed by atoms with E-state index in [1.54, 1.807) is 12.1 Å². The number of oxazole rings is 1. The fourth-order valence-corrected chi connectivity index (χ4v) is 3.16. The molecule has 0 saturated heterocycles. The number of rotatable bonds is 4. The van der Waals surface area contributed by atoms with E-state index in [1.165, 1.54) is 23.9 Å². The molecule has 0 aliphatic rings. The predicted octanol–water partition coefficient (Wildman–Crippen LogP) is 4.15. The number of benzene rings is 2. The standard InChI is InChI=1S/C16H15FN2OS/c1-10(18)15(11-6-8-12(17)9-7-11)21-16-19-13-4-2-3-5-14(13)20-16/h2-10,15H,18H2,1H3. The van der Waals surface area contributed by atoms with Crippen LogP contribution in [0, 0.1) is 5.82 Å². The van der Waals surface area contributed by atoms with Crippen LogP contribution >= 0.6 is 11.8 Å². The van der Waals surface area contributed by atoms with E-state index in [0.29, 0.717) is 5.22 Å². The molecule has 108 valence electrons. The van der Waals surface area contributed by atoms with E-state index >= 15 is 0 Å². The highest BCUT2D eigenvalue weighted by atomic mass is 32.2. The van der Waals surface area contributed by atoms with Gasteiger partial charge in [0.25, 0.3) is 5.22 Å². The molecule has 1 heterocycles. The van der Waals surface area contributed by atoms with Crippen LogP contribution in [0.25, 0.3) is 11.1 Å². The first-order valence-corrected chi connectivity index (χ1v) is 7.55. The van der Waals surface area contributed by atoms with Crippen molar-refractivity contribution in [3.8, 4) is 0 Å². The second-order valence-corrected chi connectivity index (χ2v) is 5.99. The molecule has 2 aromatic carbocycles. The van der Waals surface area contributed by atoms with Gasteiger partial charge in [-0.15, -0.1) is 0 Å². The molecule has 0 saturated carbocycles. The lowest BCUT2D eigenvalue weighted by Gasteiger charge is -2.18. The third-order valence-electron chi connectivity index (χ3n) is 3.18. The number of aromatic nitrogens is 1. The van der Waals surface area contributed by atoms with Gasteiger partial charge in [0, 0.05) is 6.04 Å². The van der Waals surface area contributed by atoms with Crippen LogP contribution in [0.15, 0.2) is 58.2 Å². The first-order valence-electron chi connectivity index (χ1n) is 6.67. The molecule has 0 aliphatic heterocycles. The molecule has 1 aromatic heterocycles. The number of halogens is 1. The molecule has 3 rings (SSSR count). The summed E-state index contributed by atoms with van der Waals surface area (Å²) in [7, 11) is 0. The smallest absolute Gasteiger partial charge is 0.257 e. The molecule has 2 N–H and O–H groups in total. The minimum atomic E-state index is -0.256. The van der Waals surface area contributed by atoms with E-state index in [0.717, 1.165) is 16.7 Å². The molecule has 3 aromatic rings. The van der Waals surface area contributed by atoms with E-state index in [4.69, 9.17) is 10.2 Å². The molecule has 5 heteroatoms. The van der Waals surface area contributed by atoms with Crippen LogP contribution in [0.3, 0.4) is 0 Å². The Balaban J connectivity index is 1.89. The summed E-state index contributed by atoms with van der Waals surface area (Å²) < 4.78 is 18.8. The van der Waals surface area contributed by atoms with E-state index in [2.05, 4.69) is 4.98 Å². The second kappa shape index (κ2) is 5.87. The Labute approximate surface area is 126 Å². The third kappa shape index (κ3) is 3.09. The summed E-state index contributed by atoms with van der Waals surface area (Å²) in [6, 6.07) is 13.9. The summed E-state index contributed by atoms with van der Waals surface area (Å²) in [5, 5.41) is 0.529. The summed E-state index contributed by atoms with van der Waals surface area (Å²) in [5.41, 5.74) is 8.60. The van der Waals surface area contributed by atoms with Crippen molar-refractivity contribution >= 4 is 22.9 Å².